The number of anilines is 2. The highest BCUT2D eigenvalue weighted by Crippen LogP contribution is 2.20. The molecule has 1 unspecified atom stereocenters. The maximum atomic E-state index is 12.9. The lowest BCUT2D eigenvalue weighted by Gasteiger charge is -2.16. The molecule has 0 bridgehead atoms. The number of benzene rings is 3. The Bertz CT molecular complexity index is 1200. The van der Waals surface area contributed by atoms with Crippen molar-refractivity contribution in [3.05, 3.63) is 95.6 Å². The highest BCUT2D eigenvalue weighted by Gasteiger charge is 2.18. The van der Waals surface area contributed by atoms with Crippen molar-refractivity contribution in [3.8, 4) is 0 Å². The molecule has 2 atom stereocenters. The minimum absolute atomic E-state index is 0.229. The van der Waals surface area contributed by atoms with Gasteiger partial charge in [-0.25, -0.2) is 0 Å². The van der Waals surface area contributed by atoms with Gasteiger partial charge in [-0.1, -0.05) is 60.7 Å². The van der Waals surface area contributed by atoms with Gasteiger partial charge in [-0.2, -0.15) is 0 Å². The molecular weight excluding hydrogens is 482 g/mol. The number of carbonyl (C=O) groups is 3. The zero-order valence-electron chi connectivity index (χ0n) is 21.2. The zero-order chi connectivity index (χ0) is 27.3. The van der Waals surface area contributed by atoms with Gasteiger partial charge in [0.2, 0.25) is 5.91 Å². The van der Waals surface area contributed by atoms with Crippen molar-refractivity contribution in [3.63, 3.8) is 0 Å². The average molecular weight is 518 g/mol. The van der Waals surface area contributed by atoms with Crippen LogP contribution in [0.15, 0.2) is 78.9 Å². The molecule has 3 rings (SSSR count). The summed E-state index contributed by atoms with van der Waals surface area (Å²) in [6.45, 7) is 0.190. The van der Waals surface area contributed by atoms with Crippen LogP contribution in [0.3, 0.4) is 0 Å². The van der Waals surface area contributed by atoms with Crippen LogP contribution in [0.4, 0.5) is 11.4 Å². The Labute approximate surface area is 222 Å². The zero-order valence-corrected chi connectivity index (χ0v) is 21.2. The Morgan fingerprint density at radius 2 is 1.34 bits per heavy atom. The van der Waals surface area contributed by atoms with Crippen molar-refractivity contribution in [2.24, 2.45) is 11.5 Å². The third-order valence-corrected chi connectivity index (χ3v) is 5.95. The van der Waals surface area contributed by atoms with Crippen LogP contribution in [-0.2, 0) is 22.4 Å². The molecule has 38 heavy (non-hydrogen) atoms. The Balaban J connectivity index is 1.66. The van der Waals surface area contributed by atoms with E-state index >= 15 is 0 Å². The molecule has 200 valence electrons. The Morgan fingerprint density at radius 3 is 1.92 bits per heavy atom. The normalized spacial score (nSPS) is 12.3. The van der Waals surface area contributed by atoms with Crippen molar-refractivity contribution in [1.29, 1.82) is 0 Å². The molecule has 9 heteroatoms. The van der Waals surface area contributed by atoms with Crippen LogP contribution in [0.25, 0.3) is 0 Å². The SMILES string of the molecule is NCC(O)C(=O)Nc1cc(NC(=O)[C@H](N)CCc2ccccc2)cc(C(=O)NCCCc2ccccc2)c1. The third-order valence-electron chi connectivity index (χ3n) is 5.95. The monoisotopic (exact) mass is 517 g/mol. The second-order valence-electron chi connectivity index (χ2n) is 9.00. The van der Waals surface area contributed by atoms with Crippen LogP contribution in [0.5, 0.6) is 0 Å². The van der Waals surface area contributed by atoms with Gasteiger partial charge < -0.3 is 32.5 Å². The lowest BCUT2D eigenvalue weighted by molar-refractivity contribution is -0.123. The lowest BCUT2D eigenvalue weighted by atomic mass is 10.0. The highest BCUT2D eigenvalue weighted by atomic mass is 16.3. The molecule has 0 saturated heterocycles. The second kappa shape index (κ2) is 14.6. The van der Waals surface area contributed by atoms with E-state index in [2.05, 4.69) is 16.0 Å². The summed E-state index contributed by atoms with van der Waals surface area (Å²) in [7, 11) is 0. The number of amides is 3. The van der Waals surface area contributed by atoms with Crippen LogP contribution in [0, 0.1) is 0 Å². The number of nitrogens with two attached hydrogens (primary N) is 2. The quantitative estimate of drug-likeness (QED) is 0.191. The summed E-state index contributed by atoms with van der Waals surface area (Å²) in [6.07, 6.45) is 1.23. The summed E-state index contributed by atoms with van der Waals surface area (Å²) in [6, 6.07) is 23.4. The van der Waals surface area contributed by atoms with Crippen LogP contribution in [0.2, 0.25) is 0 Å². The van der Waals surface area contributed by atoms with Crippen LogP contribution in [0.1, 0.15) is 34.3 Å². The van der Waals surface area contributed by atoms with E-state index in [1.807, 2.05) is 60.7 Å². The number of aryl methyl sites for hydroxylation is 2. The van der Waals surface area contributed by atoms with E-state index in [9.17, 15) is 19.5 Å². The first-order valence-electron chi connectivity index (χ1n) is 12.6. The smallest absolute Gasteiger partial charge is 0.254 e. The maximum Gasteiger partial charge on any atom is 0.254 e. The molecule has 0 saturated carbocycles. The predicted octanol–water partition coefficient (Wildman–Crippen LogP) is 2.21. The first-order valence-corrected chi connectivity index (χ1v) is 12.6. The number of aliphatic hydroxyl groups excluding tert-OH is 1. The van der Waals surface area contributed by atoms with E-state index in [1.165, 1.54) is 23.8 Å². The molecule has 0 aliphatic carbocycles. The minimum atomic E-state index is -1.41. The topological polar surface area (TPSA) is 160 Å². The number of carbonyl (C=O) groups excluding carboxylic acids is 3. The Hall–Kier alpha value is -4.05. The minimum Gasteiger partial charge on any atom is -0.382 e. The fraction of sp³-hybridized carbons (Fsp3) is 0.276. The van der Waals surface area contributed by atoms with E-state index < -0.39 is 24.0 Å². The Kier molecular flexibility index (Phi) is 11.0. The van der Waals surface area contributed by atoms with Crippen molar-refractivity contribution in [2.45, 2.75) is 37.8 Å². The van der Waals surface area contributed by atoms with E-state index in [4.69, 9.17) is 11.5 Å². The molecule has 8 N–H and O–H groups in total. The van der Waals surface area contributed by atoms with Crippen LogP contribution in [-0.4, -0.2) is 48.1 Å². The highest BCUT2D eigenvalue weighted by molar-refractivity contribution is 6.02. The second-order valence-corrected chi connectivity index (χ2v) is 9.00. The van der Waals surface area contributed by atoms with E-state index in [0.717, 1.165) is 18.4 Å². The van der Waals surface area contributed by atoms with Crippen molar-refractivity contribution < 1.29 is 19.5 Å². The Morgan fingerprint density at radius 1 is 0.789 bits per heavy atom. The summed E-state index contributed by atoms with van der Waals surface area (Å²) in [5, 5.41) is 17.9. The number of rotatable bonds is 13. The summed E-state index contributed by atoms with van der Waals surface area (Å²) in [4.78, 5) is 37.8. The summed E-state index contributed by atoms with van der Waals surface area (Å²) in [5.41, 5.74) is 14.5. The molecular formula is C29H35N5O4. The summed E-state index contributed by atoms with van der Waals surface area (Å²) < 4.78 is 0. The van der Waals surface area contributed by atoms with E-state index in [0.29, 0.717) is 25.1 Å². The van der Waals surface area contributed by atoms with E-state index in [-0.39, 0.29) is 23.7 Å². The number of hydrogen-bond acceptors (Lipinski definition) is 6. The van der Waals surface area contributed by atoms with Crippen molar-refractivity contribution in [2.75, 3.05) is 23.7 Å². The van der Waals surface area contributed by atoms with Gasteiger partial charge in [0.15, 0.2) is 0 Å². The first-order chi connectivity index (χ1) is 18.4. The molecule has 0 spiro atoms. The standard InChI is InChI=1S/C29H35N5O4/c30-19-26(35)29(38)34-24-17-22(27(36)32-15-7-12-20-8-3-1-4-9-20)16-23(18-24)33-28(37)25(31)14-13-21-10-5-2-6-11-21/h1-6,8-11,16-18,25-26,35H,7,12-15,19,30-31H2,(H,32,36)(H,33,37)(H,34,38)/t25-,26?/m1/s1. The molecule has 0 aliphatic rings. The third kappa shape index (κ3) is 9.11. The largest absolute Gasteiger partial charge is 0.382 e. The van der Waals surface area contributed by atoms with Gasteiger partial charge in [-0.05, 0) is 55.0 Å². The predicted molar refractivity (Wildman–Crippen MR) is 149 cm³/mol. The van der Waals surface area contributed by atoms with Crippen LogP contribution >= 0.6 is 0 Å². The molecule has 0 aliphatic heterocycles. The lowest BCUT2D eigenvalue weighted by Crippen LogP contribution is -2.36. The van der Waals surface area contributed by atoms with Gasteiger partial charge in [-0.3, -0.25) is 14.4 Å². The fourth-order valence-electron chi connectivity index (χ4n) is 3.81. The van der Waals surface area contributed by atoms with Crippen molar-refractivity contribution >= 4 is 29.1 Å². The number of nitrogens with one attached hydrogen (secondary N) is 3. The van der Waals surface area contributed by atoms with Crippen LogP contribution < -0.4 is 27.4 Å². The maximum absolute atomic E-state index is 12.9. The molecule has 3 amide bonds. The molecule has 0 heterocycles. The summed E-state index contributed by atoms with van der Waals surface area (Å²) >= 11 is 0. The van der Waals surface area contributed by atoms with Gasteiger partial charge >= 0.3 is 0 Å². The fourth-order valence-corrected chi connectivity index (χ4v) is 3.81. The first kappa shape index (κ1) is 28.5. The van der Waals surface area contributed by atoms with E-state index in [1.54, 1.807) is 0 Å². The molecule has 0 radical (unpaired) electrons. The van der Waals surface area contributed by atoms with Gasteiger partial charge in [0, 0.05) is 30.0 Å². The summed E-state index contributed by atoms with van der Waals surface area (Å²) in [5.74, 6) is -1.50. The molecule has 3 aromatic rings. The van der Waals surface area contributed by atoms with Gasteiger partial charge in [0.1, 0.15) is 6.10 Å². The average Bonchev–Trinajstić information content (AvgIpc) is 2.94. The molecule has 0 fully saturated rings. The molecule has 9 nitrogen and oxygen atoms in total. The van der Waals surface area contributed by atoms with Gasteiger partial charge in [0.05, 0.1) is 6.04 Å². The number of hydrogen-bond donors (Lipinski definition) is 6. The van der Waals surface area contributed by atoms with Gasteiger partial charge in [0.25, 0.3) is 11.8 Å². The van der Waals surface area contributed by atoms with Gasteiger partial charge in [-0.15, -0.1) is 0 Å². The molecule has 3 aromatic carbocycles. The van der Waals surface area contributed by atoms with Crippen molar-refractivity contribution in [1.82, 2.24) is 5.32 Å². The molecule has 0 aromatic heterocycles. The number of aliphatic hydroxyl groups is 1.